The second-order valence-corrected chi connectivity index (χ2v) is 5.07. The summed E-state index contributed by atoms with van der Waals surface area (Å²) < 4.78 is 4.66. The van der Waals surface area contributed by atoms with Gasteiger partial charge in [0.15, 0.2) is 0 Å². The Morgan fingerprint density at radius 1 is 0.913 bits per heavy atom. The van der Waals surface area contributed by atoms with E-state index in [1.54, 1.807) is 12.1 Å². The molecule has 0 aliphatic heterocycles. The van der Waals surface area contributed by atoms with Crippen LogP contribution in [0.5, 0.6) is 0 Å². The average molecular weight is 312 g/mol. The van der Waals surface area contributed by atoms with Crippen LogP contribution in [0.25, 0.3) is 0 Å². The standard InChI is InChI=1S/C18H20N2O3/c1-3-4-17(21)20-16-11-9-15(10-12-16)19-14-7-5-13(6-8-14)18(22)23-2/h5-12,19H,3-4H2,1-2H3,(H,20,21). The summed E-state index contributed by atoms with van der Waals surface area (Å²) in [7, 11) is 1.36. The van der Waals surface area contributed by atoms with Gasteiger partial charge in [-0.1, -0.05) is 6.92 Å². The zero-order valence-corrected chi connectivity index (χ0v) is 13.3. The van der Waals surface area contributed by atoms with Crippen molar-refractivity contribution in [1.29, 1.82) is 0 Å². The van der Waals surface area contributed by atoms with Gasteiger partial charge in [0.25, 0.3) is 0 Å². The molecule has 0 aromatic heterocycles. The lowest BCUT2D eigenvalue weighted by Gasteiger charge is -2.09. The highest BCUT2D eigenvalue weighted by molar-refractivity contribution is 5.91. The molecule has 0 aliphatic carbocycles. The van der Waals surface area contributed by atoms with Gasteiger partial charge in [0, 0.05) is 23.5 Å². The van der Waals surface area contributed by atoms with Gasteiger partial charge >= 0.3 is 5.97 Å². The molecular formula is C18H20N2O3. The van der Waals surface area contributed by atoms with Gasteiger partial charge in [-0.2, -0.15) is 0 Å². The first-order chi connectivity index (χ1) is 11.1. The maximum atomic E-state index is 11.5. The summed E-state index contributed by atoms with van der Waals surface area (Å²) >= 11 is 0. The molecule has 0 aliphatic rings. The molecule has 0 radical (unpaired) electrons. The number of hydrogen-bond acceptors (Lipinski definition) is 4. The molecule has 23 heavy (non-hydrogen) atoms. The molecule has 0 saturated carbocycles. The summed E-state index contributed by atoms with van der Waals surface area (Å²) in [4.78, 5) is 22.9. The van der Waals surface area contributed by atoms with Gasteiger partial charge in [-0.15, -0.1) is 0 Å². The number of esters is 1. The van der Waals surface area contributed by atoms with Crippen molar-refractivity contribution in [3.05, 3.63) is 54.1 Å². The largest absolute Gasteiger partial charge is 0.465 e. The molecule has 5 nitrogen and oxygen atoms in total. The van der Waals surface area contributed by atoms with Crippen molar-refractivity contribution in [2.75, 3.05) is 17.7 Å². The molecule has 0 bridgehead atoms. The van der Waals surface area contributed by atoms with Crippen molar-refractivity contribution in [1.82, 2.24) is 0 Å². The first kappa shape index (κ1) is 16.5. The van der Waals surface area contributed by atoms with Gasteiger partial charge in [0.2, 0.25) is 5.91 Å². The Morgan fingerprint density at radius 3 is 1.96 bits per heavy atom. The lowest BCUT2D eigenvalue weighted by molar-refractivity contribution is -0.116. The third-order valence-corrected chi connectivity index (χ3v) is 3.24. The summed E-state index contributed by atoms with van der Waals surface area (Å²) in [5.41, 5.74) is 3.03. The van der Waals surface area contributed by atoms with E-state index < -0.39 is 0 Å². The van der Waals surface area contributed by atoms with Crippen molar-refractivity contribution in [2.24, 2.45) is 0 Å². The van der Waals surface area contributed by atoms with Gasteiger partial charge in [0.05, 0.1) is 12.7 Å². The number of rotatable bonds is 6. The van der Waals surface area contributed by atoms with E-state index >= 15 is 0 Å². The summed E-state index contributed by atoms with van der Waals surface area (Å²) in [6, 6.07) is 14.5. The van der Waals surface area contributed by atoms with Crippen LogP contribution in [0.3, 0.4) is 0 Å². The van der Waals surface area contributed by atoms with Gasteiger partial charge in [-0.3, -0.25) is 4.79 Å². The molecule has 0 fully saturated rings. The van der Waals surface area contributed by atoms with Crippen LogP contribution >= 0.6 is 0 Å². The zero-order chi connectivity index (χ0) is 16.7. The van der Waals surface area contributed by atoms with E-state index in [4.69, 9.17) is 0 Å². The predicted octanol–water partition coefficient (Wildman–Crippen LogP) is 3.96. The number of methoxy groups -OCH3 is 1. The van der Waals surface area contributed by atoms with Crippen LogP contribution in [-0.4, -0.2) is 19.0 Å². The molecule has 1 amide bonds. The number of ether oxygens (including phenoxy) is 1. The fraction of sp³-hybridized carbons (Fsp3) is 0.222. The summed E-state index contributed by atoms with van der Waals surface area (Å²) in [5, 5.41) is 6.07. The van der Waals surface area contributed by atoms with Gasteiger partial charge in [-0.25, -0.2) is 4.79 Å². The number of carbonyl (C=O) groups excluding carboxylic acids is 2. The quantitative estimate of drug-likeness (QED) is 0.792. The second kappa shape index (κ2) is 7.98. The van der Waals surface area contributed by atoms with E-state index in [1.807, 2.05) is 43.3 Å². The minimum atomic E-state index is -0.358. The third-order valence-electron chi connectivity index (χ3n) is 3.24. The molecular weight excluding hydrogens is 292 g/mol. The van der Waals surface area contributed by atoms with Gasteiger partial charge in [-0.05, 0) is 55.0 Å². The number of hydrogen-bond donors (Lipinski definition) is 2. The summed E-state index contributed by atoms with van der Waals surface area (Å²) in [6.45, 7) is 1.97. The van der Waals surface area contributed by atoms with E-state index in [0.29, 0.717) is 12.0 Å². The lowest BCUT2D eigenvalue weighted by atomic mass is 10.2. The molecule has 0 unspecified atom stereocenters. The number of amides is 1. The van der Waals surface area contributed by atoms with Crippen molar-refractivity contribution >= 4 is 28.9 Å². The molecule has 2 aromatic rings. The van der Waals surface area contributed by atoms with Crippen molar-refractivity contribution in [3.8, 4) is 0 Å². The number of anilines is 3. The second-order valence-electron chi connectivity index (χ2n) is 5.07. The minimum Gasteiger partial charge on any atom is -0.465 e. The SMILES string of the molecule is CCCC(=O)Nc1ccc(Nc2ccc(C(=O)OC)cc2)cc1. The molecule has 120 valence electrons. The molecule has 2 N–H and O–H groups in total. The highest BCUT2D eigenvalue weighted by Crippen LogP contribution is 2.19. The first-order valence-electron chi connectivity index (χ1n) is 7.47. The fourth-order valence-electron chi connectivity index (χ4n) is 2.06. The highest BCUT2D eigenvalue weighted by Gasteiger charge is 2.04. The Bertz CT molecular complexity index is 664. The monoisotopic (exact) mass is 312 g/mol. The highest BCUT2D eigenvalue weighted by atomic mass is 16.5. The maximum absolute atomic E-state index is 11.5. The van der Waals surface area contributed by atoms with E-state index in [0.717, 1.165) is 23.5 Å². The topological polar surface area (TPSA) is 67.4 Å². The van der Waals surface area contributed by atoms with Crippen LogP contribution in [0.2, 0.25) is 0 Å². The van der Waals surface area contributed by atoms with Crippen LogP contribution in [-0.2, 0) is 9.53 Å². The Labute approximate surface area is 135 Å². The van der Waals surface area contributed by atoms with Crippen molar-refractivity contribution in [3.63, 3.8) is 0 Å². The normalized spacial score (nSPS) is 10.0. The molecule has 2 aromatic carbocycles. The molecule has 0 heterocycles. The van der Waals surface area contributed by atoms with Crippen LogP contribution in [0.15, 0.2) is 48.5 Å². The minimum absolute atomic E-state index is 0.0200. The summed E-state index contributed by atoms with van der Waals surface area (Å²) in [5.74, 6) is -0.338. The molecule has 0 saturated heterocycles. The predicted molar refractivity (Wildman–Crippen MR) is 91.0 cm³/mol. The van der Waals surface area contributed by atoms with Crippen LogP contribution in [0.1, 0.15) is 30.1 Å². The smallest absolute Gasteiger partial charge is 0.337 e. The molecule has 0 spiro atoms. The maximum Gasteiger partial charge on any atom is 0.337 e. The van der Waals surface area contributed by atoms with Crippen molar-refractivity contribution in [2.45, 2.75) is 19.8 Å². The average Bonchev–Trinajstić information content (AvgIpc) is 2.57. The summed E-state index contributed by atoms with van der Waals surface area (Å²) in [6.07, 6.45) is 1.35. The Morgan fingerprint density at radius 2 is 1.43 bits per heavy atom. The molecule has 5 heteroatoms. The van der Waals surface area contributed by atoms with Crippen molar-refractivity contribution < 1.29 is 14.3 Å². The zero-order valence-electron chi connectivity index (χ0n) is 13.3. The first-order valence-corrected chi connectivity index (χ1v) is 7.47. The number of benzene rings is 2. The fourth-order valence-corrected chi connectivity index (χ4v) is 2.06. The molecule has 0 atom stereocenters. The van der Waals surface area contributed by atoms with E-state index in [-0.39, 0.29) is 11.9 Å². The number of carbonyl (C=O) groups is 2. The number of nitrogens with one attached hydrogen (secondary N) is 2. The van der Waals surface area contributed by atoms with E-state index in [2.05, 4.69) is 15.4 Å². The van der Waals surface area contributed by atoms with E-state index in [1.165, 1.54) is 7.11 Å². The van der Waals surface area contributed by atoms with Crippen LogP contribution in [0.4, 0.5) is 17.1 Å². The molecule has 2 rings (SSSR count). The third kappa shape index (κ3) is 4.85. The van der Waals surface area contributed by atoms with Crippen LogP contribution in [0, 0.1) is 0 Å². The Balaban J connectivity index is 1.98. The Hall–Kier alpha value is -2.82. The lowest BCUT2D eigenvalue weighted by Crippen LogP contribution is -2.10. The van der Waals surface area contributed by atoms with Crippen LogP contribution < -0.4 is 10.6 Å². The van der Waals surface area contributed by atoms with Gasteiger partial charge in [0.1, 0.15) is 0 Å². The van der Waals surface area contributed by atoms with E-state index in [9.17, 15) is 9.59 Å². The Kier molecular flexibility index (Phi) is 5.74. The van der Waals surface area contributed by atoms with Gasteiger partial charge < -0.3 is 15.4 Å².